The van der Waals surface area contributed by atoms with Gasteiger partial charge in [0.25, 0.3) is 5.91 Å². The van der Waals surface area contributed by atoms with Crippen LogP contribution in [0.25, 0.3) is 32.8 Å². The number of aromatic nitrogens is 3. The van der Waals surface area contributed by atoms with Gasteiger partial charge in [0.1, 0.15) is 16.1 Å². The maximum absolute atomic E-state index is 13.3. The molecule has 1 saturated heterocycles. The number of methoxy groups -OCH3 is 1. The van der Waals surface area contributed by atoms with E-state index in [0.29, 0.717) is 17.9 Å². The normalized spacial score (nSPS) is 18.6. The first-order valence-corrected chi connectivity index (χ1v) is 14.3. The molecule has 9 heteroatoms. The van der Waals surface area contributed by atoms with E-state index >= 15 is 0 Å². The number of hydrogen-bond donors (Lipinski definition) is 1. The number of fused-ring (bicyclic) bond motifs is 2. The molecule has 2 N–H and O–H groups in total. The van der Waals surface area contributed by atoms with Crippen LogP contribution in [0.4, 0.5) is 0 Å². The minimum atomic E-state index is -0.00484. The molecule has 1 aliphatic carbocycles. The van der Waals surface area contributed by atoms with Gasteiger partial charge in [-0.25, -0.2) is 4.98 Å². The van der Waals surface area contributed by atoms with Gasteiger partial charge >= 0.3 is 0 Å². The Hall–Kier alpha value is -2.49. The van der Waals surface area contributed by atoms with Crippen LogP contribution in [0.3, 0.4) is 0 Å². The number of likely N-dealkylation sites (tertiary alicyclic amines) is 1. The third kappa shape index (κ3) is 4.03. The number of imidazole rings is 1. The lowest BCUT2D eigenvalue weighted by Crippen LogP contribution is -2.45. The molecular weight excluding hydrogens is 478 g/mol. The Balaban J connectivity index is 1.46. The number of benzene rings is 1. The molecule has 4 heterocycles. The Labute approximate surface area is 213 Å². The summed E-state index contributed by atoms with van der Waals surface area (Å²) in [5.74, 6) is 2.31. The van der Waals surface area contributed by atoms with E-state index in [4.69, 9.17) is 15.5 Å². The Bertz CT molecular complexity index is 1430. The lowest BCUT2D eigenvalue weighted by atomic mass is 10.0. The molecule has 1 aromatic carbocycles. The van der Waals surface area contributed by atoms with Crippen molar-refractivity contribution in [3.05, 3.63) is 29.8 Å². The Morgan fingerprint density at radius 1 is 1.26 bits per heavy atom. The molecular formula is C26H31N5O2S2. The highest BCUT2D eigenvalue weighted by Crippen LogP contribution is 2.41. The fourth-order valence-electron chi connectivity index (χ4n) is 5.24. The first-order chi connectivity index (χ1) is 17.0. The highest BCUT2D eigenvalue weighted by Gasteiger charge is 2.28. The predicted octanol–water partition coefficient (Wildman–Crippen LogP) is 4.96. The standard InChI is InChI=1S/C26H31N5O2S2/c1-29-23-19(9-16(11-21(23)33-2)25(32)30-8-4-5-18(27)14-30)28-24(29)20-10-17-12-22(34-3)35-26(17)31(20)13-15-6-7-15/h9-12,15,18H,4-8,13-14,27H2,1-3H3/t18-/m1/s1. The summed E-state index contributed by atoms with van der Waals surface area (Å²) in [5.41, 5.74) is 9.54. The van der Waals surface area contributed by atoms with E-state index in [1.165, 1.54) is 27.3 Å². The number of thiophene rings is 1. The van der Waals surface area contributed by atoms with E-state index in [9.17, 15) is 4.79 Å². The highest BCUT2D eigenvalue weighted by molar-refractivity contribution is 8.00. The Morgan fingerprint density at radius 2 is 2.09 bits per heavy atom. The molecule has 2 aliphatic rings. The van der Waals surface area contributed by atoms with Gasteiger partial charge in [-0.2, -0.15) is 0 Å². The molecule has 4 aromatic rings. The van der Waals surface area contributed by atoms with Crippen molar-refractivity contribution in [3.63, 3.8) is 0 Å². The first kappa shape index (κ1) is 22.9. The molecule has 3 aromatic heterocycles. The molecule has 6 rings (SSSR count). The molecule has 184 valence electrons. The van der Waals surface area contributed by atoms with E-state index in [1.54, 1.807) is 18.9 Å². The van der Waals surface area contributed by atoms with Crippen LogP contribution in [0.5, 0.6) is 5.75 Å². The number of carbonyl (C=O) groups is 1. The zero-order valence-electron chi connectivity index (χ0n) is 20.4. The van der Waals surface area contributed by atoms with E-state index in [0.717, 1.165) is 54.4 Å². The van der Waals surface area contributed by atoms with Gasteiger partial charge in [-0.05, 0) is 62.1 Å². The lowest BCUT2D eigenvalue weighted by molar-refractivity contribution is 0.0708. The average Bonchev–Trinajstić information content (AvgIpc) is 3.37. The average molecular weight is 510 g/mol. The number of ether oxygens (including phenoxy) is 1. The summed E-state index contributed by atoms with van der Waals surface area (Å²) >= 11 is 3.65. The summed E-state index contributed by atoms with van der Waals surface area (Å²) in [6.45, 7) is 2.35. The SMILES string of the molecule is COc1cc(C(=O)N2CCC[C@@H](N)C2)cc2nc(-c3cc4cc(SC)sc4n3CC3CC3)n(C)c12. The number of amides is 1. The van der Waals surface area contributed by atoms with Gasteiger partial charge in [-0.15, -0.1) is 23.1 Å². The third-order valence-electron chi connectivity index (χ3n) is 7.26. The third-order valence-corrected chi connectivity index (χ3v) is 9.50. The van der Waals surface area contributed by atoms with Crippen LogP contribution in [0.15, 0.2) is 28.5 Å². The van der Waals surface area contributed by atoms with Crippen LogP contribution >= 0.6 is 23.1 Å². The quantitative estimate of drug-likeness (QED) is 0.372. The summed E-state index contributed by atoms with van der Waals surface area (Å²) in [6.07, 6.45) is 6.62. The second-order valence-corrected chi connectivity index (χ2v) is 11.9. The van der Waals surface area contributed by atoms with Crippen LogP contribution in [-0.2, 0) is 13.6 Å². The zero-order valence-corrected chi connectivity index (χ0v) is 22.0. The topological polar surface area (TPSA) is 78.3 Å². The summed E-state index contributed by atoms with van der Waals surface area (Å²) in [6, 6.07) is 8.35. The predicted molar refractivity (Wildman–Crippen MR) is 144 cm³/mol. The molecule has 1 atom stereocenters. The van der Waals surface area contributed by atoms with Gasteiger partial charge in [-0.1, -0.05) is 0 Å². The van der Waals surface area contributed by atoms with Crippen LogP contribution in [0.2, 0.25) is 0 Å². The number of carbonyl (C=O) groups excluding carboxylic acids is 1. The summed E-state index contributed by atoms with van der Waals surface area (Å²) in [5, 5.41) is 1.27. The van der Waals surface area contributed by atoms with Crippen molar-refractivity contribution >= 4 is 50.3 Å². The van der Waals surface area contributed by atoms with Crippen molar-refractivity contribution in [2.24, 2.45) is 18.7 Å². The summed E-state index contributed by atoms with van der Waals surface area (Å²) in [7, 11) is 3.69. The van der Waals surface area contributed by atoms with Crippen molar-refractivity contribution in [3.8, 4) is 17.3 Å². The van der Waals surface area contributed by atoms with E-state index in [1.807, 2.05) is 35.4 Å². The van der Waals surface area contributed by atoms with Crippen LogP contribution in [0, 0.1) is 5.92 Å². The van der Waals surface area contributed by atoms with Gasteiger partial charge in [-0.3, -0.25) is 4.79 Å². The molecule has 1 saturated carbocycles. The number of nitrogens with zero attached hydrogens (tertiary/aromatic N) is 4. The highest BCUT2D eigenvalue weighted by atomic mass is 32.2. The minimum Gasteiger partial charge on any atom is -0.494 e. The van der Waals surface area contributed by atoms with Crippen molar-refractivity contribution in [1.29, 1.82) is 0 Å². The van der Waals surface area contributed by atoms with Gasteiger partial charge in [0.15, 0.2) is 5.82 Å². The van der Waals surface area contributed by atoms with Gasteiger partial charge in [0.2, 0.25) is 0 Å². The van der Waals surface area contributed by atoms with Gasteiger partial charge in [0.05, 0.1) is 22.5 Å². The van der Waals surface area contributed by atoms with Gasteiger partial charge in [0, 0.05) is 43.7 Å². The molecule has 0 bridgehead atoms. The van der Waals surface area contributed by atoms with Crippen LogP contribution < -0.4 is 10.5 Å². The van der Waals surface area contributed by atoms with E-state index < -0.39 is 0 Å². The number of thioether (sulfide) groups is 1. The van der Waals surface area contributed by atoms with Crippen molar-refractivity contribution in [2.75, 3.05) is 26.5 Å². The lowest BCUT2D eigenvalue weighted by Gasteiger charge is -2.30. The van der Waals surface area contributed by atoms with E-state index in [2.05, 4.69) is 27.5 Å². The maximum Gasteiger partial charge on any atom is 0.254 e. The Morgan fingerprint density at radius 3 is 2.80 bits per heavy atom. The fourth-order valence-corrected chi connectivity index (χ4v) is 6.95. The minimum absolute atomic E-state index is 0.00484. The van der Waals surface area contributed by atoms with Crippen LogP contribution in [-0.4, -0.2) is 57.4 Å². The van der Waals surface area contributed by atoms with E-state index in [-0.39, 0.29) is 11.9 Å². The number of rotatable bonds is 6. The van der Waals surface area contributed by atoms with Crippen molar-refractivity contribution in [2.45, 2.75) is 42.5 Å². The fraction of sp³-hybridized carbons (Fsp3) is 0.462. The van der Waals surface area contributed by atoms with Crippen molar-refractivity contribution < 1.29 is 9.53 Å². The van der Waals surface area contributed by atoms with Gasteiger partial charge < -0.3 is 24.5 Å². The smallest absolute Gasteiger partial charge is 0.254 e. The largest absolute Gasteiger partial charge is 0.494 e. The molecule has 0 unspecified atom stereocenters. The molecule has 35 heavy (non-hydrogen) atoms. The number of aryl methyl sites for hydroxylation is 1. The number of nitrogens with two attached hydrogens (primary N) is 1. The monoisotopic (exact) mass is 509 g/mol. The molecule has 0 radical (unpaired) electrons. The number of hydrogen-bond acceptors (Lipinski definition) is 6. The number of piperidine rings is 1. The van der Waals surface area contributed by atoms with Crippen molar-refractivity contribution in [1.82, 2.24) is 19.0 Å². The molecule has 1 amide bonds. The second kappa shape index (κ2) is 8.87. The summed E-state index contributed by atoms with van der Waals surface area (Å²) in [4.78, 5) is 21.6. The Kier molecular flexibility index (Phi) is 5.81. The van der Waals surface area contributed by atoms with Crippen LogP contribution in [0.1, 0.15) is 36.0 Å². The second-order valence-electron chi connectivity index (χ2n) is 9.81. The summed E-state index contributed by atoms with van der Waals surface area (Å²) < 4.78 is 11.7. The maximum atomic E-state index is 13.3. The first-order valence-electron chi connectivity index (χ1n) is 12.2. The molecule has 2 fully saturated rings. The molecule has 7 nitrogen and oxygen atoms in total. The molecule has 1 aliphatic heterocycles. The zero-order chi connectivity index (χ0) is 24.3. The molecule has 0 spiro atoms.